The second-order valence-electron chi connectivity index (χ2n) is 5.74. The molecule has 132 valence electrons. The maximum atomic E-state index is 12.2. The number of para-hydroxylation sites is 1. The predicted octanol–water partition coefficient (Wildman–Crippen LogP) is 2.41. The summed E-state index contributed by atoms with van der Waals surface area (Å²) in [6.07, 6.45) is 1.79. The molecule has 0 bridgehead atoms. The van der Waals surface area contributed by atoms with Crippen LogP contribution >= 0.6 is 22.6 Å². The second-order valence-corrected chi connectivity index (χ2v) is 6.91. The van der Waals surface area contributed by atoms with E-state index in [1.807, 2.05) is 31.2 Å². The van der Waals surface area contributed by atoms with Gasteiger partial charge in [-0.1, -0.05) is 25.5 Å². The first-order valence-corrected chi connectivity index (χ1v) is 9.16. The Balaban J connectivity index is 2.01. The van der Waals surface area contributed by atoms with Crippen LogP contribution in [0.5, 0.6) is 5.75 Å². The van der Waals surface area contributed by atoms with Crippen molar-refractivity contribution in [2.75, 3.05) is 0 Å². The minimum Gasteiger partial charge on any atom is -0.485 e. The van der Waals surface area contributed by atoms with E-state index >= 15 is 0 Å². The van der Waals surface area contributed by atoms with Gasteiger partial charge in [0.05, 0.1) is 3.57 Å². The molecule has 0 spiro atoms. The molecule has 25 heavy (non-hydrogen) atoms. The number of benzene rings is 1. The van der Waals surface area contributed by atoms with Crippen LogP contribution in [0.15, 0.2) is 33.9 Å². The van der Waals surface area contributed by atoms with Crippen molar-refractivity contribution in [2.45, 2.75) is 32.9 Å². The number of H-pyrrole nitrogens is 1. The van der Waals surface area contributed by atoms with Gasteiger partial charge in [0.2, 0.25) is 0 Å². The minimum absolute atomic E-state index is 0.215. The Morgan fingerprint density at radius 2 is 2.04 bits per heavy atom. The maximum Gasteiger partial charge on any atom is 0.330 e. The lowest BCUT2D eigenvalue weighted by Gasteiger charge is -2.07. The van der Waals surface area contributed by atoms with Gasteiger partial charge in [0.15, 0.2) is 11.2 Å². The normalized spacial score (nSPS) is 11.2. The number of fused-ring (bicyclic) bond motifs is 1. The molecule has 1 aromatic carbocycles. The number of ether oxygens (including phenoxy) is 1. The van der Waals surface area contributed by atoms with Crippen molar-refractivity contribution in [2.24, 2.45) is 7.05 Å². The maximum absolute atomic E-state index is 12.2. The molecule has 0 aliphatic rings. The predicted molar refractivity (Wildman–Crippen MR) is 104 cm³/mol. The molecule has 0 atom stereocenters. The molecule has 0 saturated carbocycles. The first-order valence-electron chi connectivity index (χ1n) is 8.08. The third kappa shape index (κ3) is 3.48. The van der Waals surface area contributed by atoms with Crippen molar-refractivity contribution in [1.29, 1.82) is 0 Å². The Hall–Kier alpha value is -2.10. The average Bonchev–Trinajstić information content (AvgIpc) is 2.91. The number of halogens is 1. The van der Waals surface area contributed by atoms with Gasteiger partial charge in [0.1, 0.15) is 18.2 Å². The van der Waals surface area contributed by atoms with Crippen molar-refractivity contribution < 1.29 is 4.74 Å². The van der Waals surface area contributed by atoms with Crippen LogP contribution in [0.1, 0.15) is 25.6 Å². The molecule has 0 saturated heterocycles. The highest BCUT2D eigenvalue weighted by molar-refractivity contribution is 14.1. The molecule has 2 aromatic heterocycles. The highest BCUT2D eigenvalue weighted by atomic mass is 127. The topological polar surface area (TPSA) is 81.9 Å². The van der Waals surface area contributed by atoms with Crippen LogP contribution in [0, 0.1) is 3.57 Å². The average molecular weight is 454 g/mol. The van der Waals surface area contributed by atoms with Gasteiger partial charge in [-0.15, -0.1) is 0 Å². The number of hydrogen-bond donors (Lipinski definition) is 1. The fraction of sp³-hybridized carbons (Fsp3) is 0.353. The van der Waals surface area contributed by atoms with Crippen molar-refractivity contribution in [3.05, 3.63) is 54.5 Å². The fourth-order valence-corrected chi connectivity index (χ4v) is 3.19. The van der Waals surface area contributed by atoms with Gasteiger partial charge in [-0.2, -0.15) is 0 Å². The first kappa shape index (κ1) is 17.7. The number of imidazole rings is 1. The van der Waals surface area contributed by atoms with Crippen LogP contribution in [-0.2, 0) is 20.2 Å². The van der Waals surface area contributed by atoms with E-state index in [0.717, 1.165) is 22.2 Å². The molecule has 2 heterocycles. The van der Waals surface area contributed by atoms with Gasteiger partial charge in [-0.05, 0) is 41.1 Å². The number of rotatable bonds is 6. The molecule has 0 aliphatic heterocycles. The zero-order chi connectivity index (χ0) is 18.0. The van der Waals surface area contributed by atoms with Crippen molar-refractivity contribution >= 4 is 33.8 Å². The molecular formula is C17H19IN4O3. The third-order valence-corrected chi connectivity index (χ3v) is 4.93. The van der Waals surface area contributed by atoms with Gasteiger partial charge in [0, 0.05) is 13.6 Å². The number of nitrogens with zero attached hydrogens (tertiary/aromatic N) is 3. The zero-order valence-corrected chi connectivity index (χ0v) is 16.2. The smallest absolute Gasteiger partial charge is 0.330 e. The lowest BCUT2D eigenvalue weighted by atomic mass is 10.3. The number of aromatic nitrogens is 4. The van der Waals surface area contributed by atoms with Gasteiger partial charge >= 0.3 is 5.69 Å². The highest BCUT2D eigenvalue weighted by Crippen LogP contribution is 2.21. The number of aromatic amines is 1. The highest BCUT2D eigenvalue weighted by Gasteiger charge is 2.16. The van der Waals surface area contributed by atoms with Crippen LogP contribution in [0.3, 0.4) is 0 Å². The third-order valence-electron chi connectivity index (χ3n) is 4.03. The van der Waals surface area contributed by atoms with E-state index in [4.69, 9.17) is 4.74 Å². The monoisotopic (exact) mass is 454 g/mol. The van der Waals surface area contributed by atoms with Crippen molar-refractivity contribution in [1.82, 2.24) is 19.1 Å². The van der Waals surface area contributed by atoms with Crippen LogP contribution in [0.4, 0.5) is 0 Å². The standard InChI is InChI=1S/C17H19IN4O3/c1-3-4-9-22-15-14(16(23)20-17(22)24)21(2)13(19-15)10-25-12-8-6-5-7-11(12)18/h5-8H,3-4,9-10H2,1-2H3,(H,20,23,24). The molecule has 7 nitrogen and oxygen atoms in total. The molecule has 3 rings (SSSR count). The van der Waals surface area contributed by atoms with Crippen molar-refractivity contribution in [3.8, 4) is 5.75 Å². The summed E-state index contributed by atoms with van der Waals surface area (Å²) in [5.74, 6) is 1.35. The summed E-state index contributed by atoms with van der Waals surface area (Å²) in [6.45, 7) is 2.79. The van der Waals surface area contributed by atoms with E-state index in [1.54, 1.807) is 11.6 Å². The Labute approximate surface area is 157 Å². The van der Waals surface area contributed by atoms with E-state index < -0.39 is 11.2 Å². The fourth-order valence-electron chi connectivity index (χ4n) is 2.65. The summed E-state index contributed by atoms with van der Waals surface area (Å²) in [5, 5.41) is 0. The van der Waals surface area contributed by atoms with E-state index in [-0.39, 0.29) is 6.61 Å². The summed E-state index contributed by atoms with van der Waals surface area (Å²) in [5.41, 5.74) is -0.0551. The second kappa shape index (κ2) is 7.42. The van der Waals surface area contributed by atoms with Crippen LogP contribution < -0.4 is 16.0 Å². The lowest BCUT2D eigenvalue weighted by molar-refractivity contribution is 0.290. The summed E-state index contributed by atoms with van der Waals surface area (Å²) in [6, 6.07) is 7.68. The summed E-state index contributed by atoms with van der Waals surface area (Å²) >= 11 is 2.20. The Morgan fingerprint density at radius 3 is 2.76 bits per heavy atom. The minimum atomic E-state index is -0.428. The van der Waals surface area contributed by atoms with E-state index in [0.29, 0.717) is 23.5 Å². The van der Waals surface area contributed by atoms with E-state index in [1.165, 1.54) is 4.57 Å². The van der Waals surface area contributed by atoms with Gasteiger partial charge in [0.25, 0.3) is 5.56 Å². The van der Waals surface area contributed by atoms with E-state index in [9.17, 15) is 9.59 Å². The van der Waals surface area contributed by atoms with Gasteiger partial charge in [-0.25, -0.2) is 9.78 Å². The Bertz CT molecular complexity index is 1020. The quantitative estimate of drug-likeness (QED) is 0.581. The number of nitrogens with one attached hydrogen (secondary N) is 1. The molecule has 0 amide bonds. The molecular weight excluding hydrogens is 435 g/mol. The van der Waals surface area contributed by atoms with Crippen LogP contribution in [0.25, 0.3) is 11.2 Å². The van der Waals surface area contributed by atoms with Crippen LogP contribution in [-0.4, -0.2) is 19.1 Å². The summed E-state index contributed by atoms with van der Waals surface area (Å²) in [4.78, 5) is 31.2. The molecule has 0 aliphatic carbocycles. The molecule has 0 fully saturated rings. The zero-order valence-electron chi connectivity index (χ0n) is 14.1. The van der Waals surface area contributed by atoms with Crippen molar-refractivity contribution in [3.63, 3.8) is 0 Å². The van der Waals surface area contributed by atoms with E-state index in [2.05, 4.69) is 32.6 Å². The SMILES string of the molecule is CCCCn1c(=O)[nH]c(=O)c2c1nc(COc1ccccc1I)n2C. The summed E-state index contributed by atoms with van der Waals surface area (Å²) < 4.78 is 10.0. The molecule has 0 radical (unpaired) electrons. The largest absolute Gasteiger partial charge is 0.485 e. The molecule has 3 aromatic rings. The first-order chi connectivity index (χ1) is 12.0. The van der Waals surface area contributed by atoms with Crippen LogP contribution in [0.2, 0.25) is 0 Å². The summed E-state index contributed by atoms with van der Waals surface area (Å²) in [7, 11) is 1.76. The number of aryl methyl sites for hydroxylation is 2. The molecule has 1 N–H and O–H groups in total. The van der Waals surface area contributed by atoms with Gasteiger partial charge < -0.3 is 9.30 Å². The number of hydrogen-bond acceptors (Lipinski definition) is 4. The number of unbranched alkanes of at least 4 members (excludes halogenated alkanes) is 1. The Morgan fingerprint density at radius 1 is 1.28 bits per heavy atom. The molecule has 0 unspecified atom stereocenters. The lowest BCUT2D eigenvalue weighted by Crippen LogP contribution is -2.31. The Kier molecular flexibility index (Phi) is 5.26. The van der Waals surface area contributed by atoms with Gasteiger partial charge in [-0.3, -0.25) is 14.3 Å². The molecule has 8 heteroatoms.